The van der Waals surface area contributed by atoms with Crippen molar-refractivity contribution in [3.63, 3.8) is 0 Å². The second-order valence-corrected chi connectivity index (χ2v) is 9.15. The fourth-order valence-corrected chi connectivity index (χ4v) is 4.81. The number of halogens is 2. The van der Waals surface area contributed by atoms with Crippen LogP contribution in [0.4, 0.5) is 11.4 Å². The predicted octanol–water partition coefficient (Wildman–Crippen LogP) is 4.20. The summed E-state index contributed by atoms with van der Waals surface area (Å²) in [6, 6.07) is 10.3. The summed E-state index contributed by atoms with van der Waals surface area (Å²) in [6.07, 6.45) is 0.603. The molecule has 0 aliphatic carbocycles. The Morgan fingerprint density at radius 3 is 2.68 bits per heavy atom. The van der Waals surface area contributed by atoms with Crippen LogP contribution in [-0.4, -0.2) is 26.6 Å². The molecule has 0 aromatic heterocycles. The molecule has 1 N–H and O–H groups in total. The fraction of sp³-hybridized carbons (Fsp3) is 0.235. The van der Waals surface area contributed by atoms with E-state index in [1.54, 1.807) is 36.4 Å². The van der Waals surface area contributed by atoms with Gasteiger partial charge in [0.2, 0.25) is 10.0 Å². The second kappa shape index (κ2) is 6.97. The number of benzene rings is 2. The first-order valence-electron chi connectivity index (χ1n) is 7.65. The molecule has 0 spiro atoms. The Morgan fingerprint density at radius 2 is 2.00 bits per heavy atom. The van der Waals surface area contributed by atoms with Crippen molar-refractivity contribution in [3.8, 4) is 0 Å². The number of hydrogen-bond acceptors (Lipinski definition) is 3. The van der Waals surface area contributed by atoms with Crippen molar-refractivity contribution >= 4 is 54.8 Å². The van der Waals surface area contributed by atoms with Crippen LogP contribution in [0.15, 0.2) is 40.9 Å². The Bertz CT molecular complexity index is 947. The molecule has 3 rings (SSSR count). The van der Waals surface area contributed by atoms with Gasteiger partial charge in [-0.15, -0.1) is 0 Å². The van der Waals surface area contributed by atoms with E-state index in [-0.39, 0.29) is 11.7 Å². The lowest BCUT2D eigenvalue weighted by Crippen LogP contribution is -2.25. The second-order valence-electron chi connectivity index (χ2n) is 5.82. The van der Waals surface area contributed by atoms with Crippen LogP contribution < -0.4 is 9.62 Å². The molecule has 1 aliphatic rings. The molecule has 132 valence electrons. The normalized spacial score (nSPS) is 16.0. The number of carbonyl (C=O) groups excluding carboxylic acids is 1. The quantitative estimate of drug-likeness (QED) is 0.773. The van der Waals surface area contributed by atoms with Gasteiger partial charge in [0.05, 0.1) is 22.0 Å². The van der Waals surface area contributed by atoms with Crippen LogP contribution in [0.3, 0.4) is 0 Å². The highest BCUT2D eigenvalue weighted by molar-refractivity contribution is 9.10. The molecule has 0 saturated carbocycles. The van der Waals surface area contributed by atoms with Gasteiger partial charge in [-0.25, -0.2) is 8.42 Å². The maximum absolute atomic E-state index is 12.6. The molecule has 0 atom stereocenters. The van der Waals surface area contributed by atoms with E-state index in [9.17, 15) is 13.2 Å². The summed E-state index contributed by atoms with van der Waals surface area (Å²) >= 11 is 9.42. The van der Waals surface area contributed by atoms with Gasteiger partial charge in [-0.3, -0.25) is 9.10 Å². The van der Waals surface area contributed by atoms with Crippen LogP contribution >= 0.6 is 27.5 Å². The summed E-state index contributed by atoms with van der Waals surface area (Å²) in [5.74, 6) is -0.202. The number of hydrogen-bond donors (Lipinski definition) is 1. The first kappa shape index (κ1) is 18.2. The Morgan fingerprint density at radius 1 is 1.24 bits per heavy atom. The van der Waals surface area contributed by atoms with Crippen molar-refractivity contribution in [2.24, 2.45) is 0 Å². The maximum Gasteiger partial charge on any atom is 0.257 e. The summed E-state index contributed by atoms with van der Waals surface area (Å²) in [6.45, 7) is 2.30. The highest BCUT2D eigenvalue weighted by Crippen LogP contribution is 2.29. The standard InChI is InChI=1S/C17H16BrClN2O3S/c1-11-3-5-13(21-7-2-8-25(21,23)24)10-16(11)20-17(22)14-9-12(18)4-6-15(14)19/h3-6,9-10H,2,7-8H2,1H3,(H,20,22). The molecule has 0 bridgehead atoms. The number of nitrogens with zero attached hydrogens (tertiary/aromatic N) is 1. The van der Waals surface area contributed by atoms with Crippen molar-refractivity contribution in [2.75, 3.05) is 21.9 Å². The molecule has 2 aromatic rings. The summed E-state index contributed by atoms with van der Waals surface area (Å²) in [7, 11) is -3.27. The lowest BCUT2D eigenvalue weighted by atomic mass is 10.1. The van der Waals surface area contributed by atoms with E-state index in [1.165, 1.54) is 4.31 Å². The number of rotatable bonds is 3. The van der Waals surface area contributed by atoms with Gasteiger partial charge in [0.25, 0.3) is 5.91 Å². The number of nitrogens with one attached hydrogen (secondary N) is 1. The van der Waals surface area contributed by atoms with E-state index < -0.39 is 10.0 Å². The number of amides is 1. The zero-order valence-corrected chi connectivity index (χ0v) is 16.6. The molecule has 1 saturated heterocycles. The third kappa shape index (κ3) is 3.83. The van der Waals surface area contributed by atoms with E-state index in [4.69, 9.17) is 11.6 Å². The van der Waals surface area contributed by atoms with E-state index in [2.05, 4.69) is 21.2 Å². The van der Waals surface area contributed by atoms with Gasteiger partial charge >= 0.3 is 0 Å². The van der Waals surface area contributed by atoms with Crippen LogP contribution in [0.1, 0.15) is 22.3 Å². The Labute approximate surface area is 160 Å². The summed E-state index contributed by atoms with van der Waals surface area (Å²) in [5.41, 5.74) is 2.29. The smallest absolute Gasteiger partial charge is 0.257 e. The van der Waals surface area contributed by atoms with Crippen molar-refractivity contribution < 1.29 is 13.2 Å². The van der Waals surface area contributed by atoms with Crippen molar-refractivity contribution in [2.45, 2.75) is 13.3 Å². The van der Waals surface area contributed by atoms with E-state index in [1.807, 2.05) is 6.92 Å². The molecule has 1 aliphatic heterocycles. The average Bonchev–Trinajstić information content (AvgIpc) is 2.91. The van der Waals surface area contributed by atoms with Gasteiger partial charge < -0.3 is 5.32 Å². The molecule has 1 heterocycles. The van der Waals surface area contributed by atoms with E-state index in [0.717, 1.165) is 10.0 Å². The SMILES string of the molecule is Cc1ccc(N2CCCS2(=O)=O)cc1NC(=O)c1cc(Br)ccc1Cl. The van der Waals surface area contributed by atoms with Crippen molar-refractivity contribution in [1.82, 2.24) is 0 Å². The number of aryl methyl sites for hydroxylation is 1. The molecule has 0 unspecified atom stereocenters. The Kier molecular flexibility index (Phi) is 5.09. The average molecular weight is 444 g/mol. The van der Waals surface area contributed by atoms with Crippen LogP contribution in [-0.2, 0) is 10.0 Å². The third-order valence-electron chi connectivity index (χ3n) is 4.03. The molecule has 2 aromatic carbocycles. The van der Waals surface area contributed by atoms with Gasteiger partial charge in [0.15, 0.2) is 0 Å². The zero-order chi connectivity index (χ0) is 18.2. The lowest BCUT2D eigenvalue weighted by molar-refractivity contribution is 0.102. The summed E-state index contributed by atoms with van der Waals surface area (Å²) in [5, 5.41) is 3.16. The van der Waals surface area contributed by atoms with Crippen LogP contribution in [0, 0.1) is 6.92 Å². The van der Waals surface area contributed by atoms with Crippen LogP contribution in [0.2, 0.25) is 5.02 Å². The van der Waals surface area contributed by atoms with Gasteiger partial charge in [-0.05, 0) is 49.2 Å². The van der Waals surface area contributed by atoms with Crippen molar-refractivity contribution in [3.05, 3.63) is 57.0 Å². The first-order valence-corrected chi connectivity index (χ1v) is 10.4. The summed E-state index contributed by atoms with van der Waals surface area (Å²) < 4.78 is 26.3. The molecule has 5 nitrogen and oxygen atoms in total. The number of carbonyl (C=O) groups is 1. The zero-order valence-electron chi connectivity index (χ0n) is 13.4. The molecular weight excluding hydrogens is 428 g/mol. The lowest BCUT2D eigenvalue weighted by Gasteiger charge is -2.19. The van der Waals surface area contributed by atoms with Gasteiger partial charge in [-0.2, -0.15) is 0 Å². The first-order chi connectivity index (χ1) is 11.8. The fourth-order valence-electron chi connectivity index (χ4n) is 2.69. The van der Waals surface area contributed by atoms with Gasteiger partial charge in [0, 0.05) is 16.7 Å². The minimum absolute atomic E-state index is 0.149. The van der Waals surface area contributed by atoms with E-state index in [0.29, 0.717) is 34.9 Å². The van der Waals surface area contributed by atoms with Crippen LogP contribution in [0.5, 0.6) is 0 Å². The highest BCUT2D eigenvalue weighted by Gasteiger charge is 2.28. The number of anilines is 2. The predicted molar refractivity (Wildman–Crippen MR) is 104 cm³/mol. The van der Waals surface area contributed by atoms with Crippen molar-refractivity contribution in [1.29, 1.82) is 0 Å². The molecule has 8 heteroatoms. The molecule has 1 fully saturated rings. The maximum atomic E-state index is 12.6. The Hall–Kier alpha value is -1.57. The third-order valence-corrected chi connectivity index (χ3v) is 6.72. The van der Waals surface area contributed by atoms with Gasteiger partial charge in [0.1, 0.15) is 0 Å². The van der Waals surface area contributed by atoms with Crippen LogP contribution in [0.25, 0.3) is 0 Å². The molecule has 25 heavy (non-hydrogen) atoms. The largest absolute Gasteiger partial charge is 0.322 e. The Balaban J connectivity index is 1.91. The highest BCUT2D eigenvalue weighted by atomic mass is 79.9. The number of sulfonamides is 1. The monoisotopic (exact) mass is 442 g/mol. The minimum atomic E-state index is -3.27. The topological polar surface area (TPSA) is 66.5 Å². The molecule has 0 radical (unpaired) electrons. The molecule has 1 amide bonds. The van der Waals surface area contributed by atoms with E-state index >= 15 is 0 Å². The molecular formula is C17H16BrClN2O3S. The minimum Gasteiger partial charge on any atom is -0.322 e. The van der Waals surface area contributed by atoms with Gasteiger partial charge in [-0.1, -0.05) is 33.6 Å². The summed E-state index contributed by atoms with van der Waals surface area (Å²) in [4.78, 5) is 12.6.